The number of anilines is 1. The summed E-state index contributed by atoms with van der Waals surface area (Å²) in [4.78, 5) is 21.2. The zero-order valence-electron chi connectivity index (χ0n) is 11.9. The van der Waals surface area contributed by atoms with Crippen LogP contribution in [-0.2, 0) is 6.42 Å². The second kappa shape index (κ2) is 6.40. The Bertz CT molecular complexity index is 770. The highest BCUT2D eigenvalue weighted by atomic mass is 32.1. The van der Waals surface area contributed by atoms with Crippen molar-refractivity contribution in [3.05, 3.63) is 53.3 Å². The maximum atomic E-state index is 12.2. The maximum Gasteiger partial charge on any atom is 0.269 e. The summed E-state index contributed by atoms with van der Waals surface area (Å²) >= 11 is 1.09. The molecule has 0 radical (unpaired) electrons. The number of hydrogen-bond acceptors (Lipinski definition) is 6. The molecule has 3 aromatic rings. The molecular formula is C15H13N5OS. The molecule has 2 aromatic heterocycles. The summed E-state index contributed by atoms with van der Waals surface area (Å²) < 4.78 is 3.81. The van der Waals surface area contributed by atoms with Gasteiger partial charge in [-0.25, -0.2) is 9.97 Å². The molecule has 0 saturated heterocycles. The van der Waals surface area contributed by atoms with Crippen LogP contribution in [0.2, 0.25) is 0 Å². The molecule has 1 aromatic carbocycles. The number of nitrogens with one attached hydrogen (secondary N) is 1. The number of aromatic nitrogens is 4. The second-order valence-corrected chi connectivity index (χ2v) is 5.27. The number of carbonyl (C=O) groups is 1. The predicted molar refractivity (Wildman–Crippen MR) is 84.7 cm³/mol. The second-order valence-electron chi connectivity index (χ2n) is 4.52. The molecule has 7 heteroatoms. The Labute approximate surface area is 131 Å². The molecule has 3 rings (SSSR count). The molecule has 0 aliphatic rings. The molecule has 0 unspecified atom stereocenters. The molecule has 0 aliphatic heterocycles. The van der Waals surface area contributed by atoms with E-state index in [1.54, 1.807) is 12.4 Å². The highest BCUT2D eigenvalue weighted by Crippen LogP contribution is 2.17. The number of nitrogens with zero attached hydrogens (tertiary/aromatic N) is 4. The predicted octanol–water partition coefficient (Wildman–Crippen LogP) is 2.81. The molecule has 1 N–H and O–H groups in total. The minimum atomic E-state index is -0.233. The lowest BCUT2D eigenvalue weighted by Crippen LogP contribution is -2.12. The smallest absolute Gasteiger partial charge is 0.269 e. The lowest BCUT2D eigenvalue weighted by Gasteiger charge is -2.04. The van der Waals surface area contributed by atoms with E-state index in [1.807, 2.05) is 37.3 Å². The summed E-state index contributed by atoms with van der Waals surface area (Å²) in [6.45, 7) is 1.94. The molecule has 6 nitrogen and oxygen atoms in total. The first-order valence-electron chi connectivity index (χ1n) is 6.78. The standard InChI is InChI=1S/C15H13N5OS/c1-2-12-13(22-20-19-12)15(21)18-11-8-16-14(17-9-11)10-6-4-3-5-7-10/h3-9H,2H2,1H3,(H,18,21). The molecule has 0 aliphatic carbocycles. The topological polar surface area (TPSA) is 80.7 Å². The summed E-state index contributed by atoms with van der Waals surface area (Å²) in [5, 5.41) is 6.69. The van der Waals surface area contributed by atoms with Gasteiger partial charge in [-0.2, -0.15) is 0 Å². The largest absolute Gasteiger partial charge is 0.319 e. The number of aryl methyl sites for hydroxylation is 1. The van der Waals surface area contributed by atoms with Gasteiger partial charge >= 0.3 is 0 Å². The van der Waals surface area contributed by atoms with Crippen molar-refractivity contribution < 1.29 is 4.79 Å². The van der Waals surface area contributed by atoms with Crippen molar-refractivity contribution in [1.29, 1.82) is 0 Å². The van der Waals surface area contributed by atoms with Crippen LogP contribution in [0.3, 0.4) is 0 Å². The molecule has 1 amide bonds. The first-order chi connectivity index (χ1) is 10.8. The Morgan fingerprint density at radius 2 is 1.91 bits per heavy atom. The van der Waals surface area contributed by atoms with Crippen molar-refractivity contribution in [3.63, 3.8) is 0 Å². The van der Waals surface area contributed by atoms with Crippen molar-refractivity contribution >= 4 is 23.1 Å². The van der Waals surface area contributed by atoms with E-state index in [2.05, 4.69) is 24.9 Å². The zero-order chi connectivity index (χ0) is 15.4. The van der Waals surface area contributed by atoms with Crippen LogP contribution in [0.4, 0.5) is 5.69 Å². The molecule has 0 saturated carbocycles. The lowest BCUT2D eigenvalue weighted by atomic mass is 10.2. The van der Waals surface area contributed by atoms with Crippen LogP contribution in [0.1, 0.15) is 22.3 Å². The average Bonchev–Trinajstić information content (AvgIpc) is 3.05. The third kappa shape index (κ3) is 2.99. The molecular weight excluding hydrogens is 298 g/mol. The van der Waals surface area contributed by atoms with Crippen molar-refractivity contribution in [2.45, 2.75) is 13.3 Å². The summed E-state index contributed by atoms with van der Waals surface area (Å²) in [6, 6.07) is 9.66. The molecule has 0 spiro atoms. The highest BCUT2D eigenvalue weighted by Gasteiger charge is 2.15. The van der Waals surface area contributed by atoms with Crippen LogP contribution in [0, 0.1) is 0 Å². The molecule has 0 bridgehead atoms. The van der Waals surface area contributed by atoms with Gasteiger partial charge in [-0.1, -0.05) is 41.7 Å². The number of benzene rings is 1. The average molecular weight is 311 g/mol. The fraction of sp³-hybridized carbons (Fsp3) is 0.133. The van der Waals surface area contributed by atoms with Gasteiger partial charge in [0.25, 0.3) is 5.91 Å². The summed E-state index contributed by atoms with van der Waals surface area (Å²) in [5.41, 5.74) is 2.17. The first-order valence-corrected chi connectivity index (χ1v) is 7.55. The zero-order valence-corrected chi connectivity index (χ0v) is 12.7. The number of amides is 1. The van der Waals surface area contributed by atoms with Crippen LogP contribution in [-0.4, -0.2) is 25.5 Å². The molecule has 2 heterocycles. The SMILES string of the molecule is CCc1nnsc1C(=O)Nc1cnc(-c2ccccc2)nc1. The van der Waals surface area contributed by atoms with Gasteiger partial charge in [-0.15, -0.1) is 5.10 Å². The third-order valence-electron chi connectivity index (χ3n) is 3.04. The lowest BCUT2D eigenvalue weighted by molar-refractivity contribution is 0.102. The minimum Gasteiger partial charge on any atom is -0.319 e. The van der Waals surface area contributed by atoms with Gasteiger partial charge in [0.1, 0.15) is 4.88 Å². The Morgan fingerprint density at radius 1 is 1.18 bits per heavy atom. The number of hydrogen-bond donors (Lipinski definition) is 1. The van der Waals surface area contributed by atoms with Crippen LogP contribution >= 0.6 is 11.5 Å². The Morgan fingerprint density at radius 3 is 2.59 bits per heavy atom. The van der Waals surface area contributed by atoms with Gasteiger partial charge in [0.15, 0.2) is 5.82 Å². The van der Waals surface area contributed by atoms with Crippen LogP contribution in [0.25, 0.3) is 11.4 Å². The molecule has 0 atom stereocenters. The summed E-state index contributed by atoms with van der Waals surface area (Å²) in [5.74, 6) is 0.384. The number of rotatable bonds is 4. The van der Waals surface area contributed by atoms with Crippen molar-refractivity contribution in [1.82, 2.24) is 19.6 Å². The van der Waals surface area contributed by atoms with Crippen molar-refractivity contribution in [3.8, 4) is 11.4 Å². The van der Waals surface area contributed by atoms with Gasteiger partial charge in [-0.05, 0) is 18.0 Å². The van der Waals surface area contributed by atoms with E-state index in [9.17, 15) is 4.79 Å². The monoisotopic (exact) mass is 311 g/mol. The molecule has 0 fully saturated rings. The van der Waals surface area contributed by atoms with Gasteiger partial charge in [-0.3, -0.25) is 4.79 Å². The summed E-state index contributed by atoms with van der Waals surface area (Å²) in [7, 11) is 0. The van der Waals surface area contributed by atoms with Gasteiger partial charge in [0.2, 0.25) is 0 Å². The van der Waals surface area contributed by atoms with Crippen LogP contribution in [0.5, 0.6) is 0 Å². The van der Waals surface area contributed by atoms with E-state index in [0.717, 1.165) is 17.1 Å². The van der Waals surface area contributed by atoms with Crippen LogP contribution in [0.15, 0.2) is 42.7 Å². The number of carbonyl (C=O) groups excluding carboxylic acids is 1. The minimum absolute atomic E-state index is 0.233. The fourth-order valence-corrected chi connectivity index (χ4v) is 2.57. The van der Waals surface area contributed by atoms with E-state index in [1.165, 1.54) is 0 Å². The van der Waals surface area contributed by atoms with E-state index in [0.29, 0.717) is 28.5 Å². The molecule has 22 heavy (non-hydrogen) atoms. The van der Waals surface area contributed by atoms with Crippen molar-refractivity contribution in [2.24, 2.45) is 0 Å². The third-order valence-corrected chi connectivity index (χ3v) is 3.81. The highest BCUT2D eigenvalue weighted by molar-refractivity contribution is 7.08. The van der Waals surface area contributed by atoms with E-state index < -0.39 is 0 Å². The van der Waals surface area contributed by atoms with Gasteiger partial charge in [0, 0.05) is 5.56 Å². The quantitative estimate of drug-likeness (QED) is 0.801. The first kappa shape index (κ1) is 14.3. The normalized spacial score (nSPS) is 10.4. The Kier molecular flexibility index (Phi) is 4.15. The van der Waals surface area contributed by atoms with E-state index in [4.69, 9.17) is 0 Å². The molecule has 110 valence electrons. The fourth-order valence-electron chi connectivity index (χ4n) is 1.93. The van der Waals surface area contributed by atoms with Crippen LogP contribution < -0.4 is 5.32 Å². The van der Waals surface area contributed by atoms with E-state index in [-0.39, 0.29) is 5.91 Å². The van der Waals surface area contributed by atoms with Gasteiger partial charge in [0.05, 0.1) is 23.8 Å². The van der Waals surface area contributed by atoms with Crippen molar-refractivity contribution in [2.75, 3.05) is 5.32 Å². The Balaban J connectivity index is 1.75. The Hall–Kier alpha value is -2.67. The maximum absolute atomic E-state index is 12.2. The van der Waals surface area contributed by atoms with Gasteiger partial charge < -0.3 is 5.32 Å². The van der Waals surface area contributed by atoms with E-state index >= 15 is 0 Å². The summed E-state index contributed by atoms with van der Waals surface area (Å²) in [6.07, 6.45) is 3.85.